The summed E-state index contributed by atoms with van der Waals surface area (Å²) in [6.45, 7) is 18.0. The first-order valence-electron chi connectivity index (χ1n) is 8.80. The molecule has 0 aromatic heterocycles. The predicted molar refractivity (Wildman–Crippen MR) is 116 cm³/mol. The van der Waals surface area contributed by atoms with Gasteiger partial charge in [-0.3, -0.25) is 0 Å². The molecule has 28 heavy (non-hydrogen) atoms. The van der Waals surface area contributed by atoms with Gasteiger partial charge in [0.2, 0.25) is 0 Å². The zero-order valence-electron chi connectivity index (χ0n) is 17.6. The van der Waals surface area contributed by atoms with Gasteiger partial charge in [-0.05, 0) is 74.9 Å². The van der Waals surface area contributed by atoms with E-state index in [4.69, 9.17) is 10.2 Å². The summed E-state index contributed by atoms with van der Waals surface area (Å²) in [6, 6.07) is 12.9. The third-order valence-corrected chi connectivity index (χ3v) is 4.30. The molecule has 0 radical (unpaired) electrons. The highest BCUT2D eigenvalue weighted by atomic mass is 16.4. The molecule has 150 valence electrons. The molecule has 0 bridgehead atoms. The van der Waals surface area contributed by atoms with E-state index in [1.165, 1.54) is 47.2 Å². The number of carboxylic acid groups (broad SMARTS) is 2. The first kappa shape index (κ1) is 24.9. The predicted octanol–water partition coefficient (Wildman–Crippen LogP) is 5.88. The molecule has 0 atom stereocenters. The van der Waals surface area contributed by atoms with Crippen molar-refractivity contribution >= 4 is 11.9 Å². The molecule has 0 spiro atoms. The third-order valence-electron chi connectivity index (χ3n) is 4.30. The third kappa shape index (κ3) is 8.04. The molecule has 4 heteroatoms. The Morgan fingerprint density at radius 2 is 1.14 bits per heavy atom. The number of aryl methyl sites for hydroxylation is 1. The van der Waals surface area contributed by atoms with E-state index in [-0.39, 0.29) is 11.1 Å². The Morgan fingerprint density at radius 1 is 0.750 bits per heavy atom. The van der Waals surface area contributed by atoms with Gasteiger partial charge in [0.1, 0.15) is 0 Å². The average Bonchev–Trinajstić information content (AvgIpc) is 2.64. The van der Waals surface area contributed by atoms with Crippen LogP contribution in [0.15, 0.2) is 60.7 Å². The lowest BCUT2D eigenvalue weighted by molar-refractivity contribution is -0.133. The molecule has 0 heterocycles. The Labute approximate surface area is 167 Å². The summed E-state index contributed by atoms with van der Waals surface area (Å²) in [5.74, 6) is -1.87. The number of benzene rings is 2. The van der Waals surface area contributed by atoms with Crippen molar-refractivity contribution in [3.8, 4) is 11.1 Å². The highest BCUT2D eigenvalue weighted by Gasteiger charge is 2.08. The second kappa shape index (κ2) is 11.5. The van der Waals surface area contributed by atoms with Crippen molar-refractivity contribution < 1.29 is 19.8 Å². The Morgan fingerprint density at radius 3 is 1.50 bits per heavy atom. The van der Waals surface area contributed by atoms with Gasteiger partial charge in [0.25, 0.3) is 0 Å². The molecule has 2 N–H and O–H groups in total. The Kier molecular flexibility index (Phi) is 10.3. The molecule has 0 saturated carbocycles. The van der Waals surface area contributed by atoms with Gasteiger partial charge in [0, 0.05) is 11.1 Å². The second-order valence-corrected chi connectivity index (χ2v) is 6.65. The SMILES string of the molecule is C=C(C)C(=O)O.C=C(C)C(=O)O.Cc1cc(-c2ccccc2)c(C)c(C)c1C. The normalized spacial score (nSPS) is 9.21. The number of carbonyl (C=O) groups is 2. The molecule has 2 aromatic carbocycles. The van der Waals surface area contributed by atoms with Gasteiger partial charge in [0.05, 0.1) is 0 Å². The van der Waals surface area contributed by atoms with Crippen LogP contribution in [0.5, 0.6) is 0 Å². The monoisotopic (exact) mass is 382 g/mol. The van der Waals surface area contributed by atoms with Crippen LogP contribution < -0.4 is 0 Å². The van der Waals surface area contributed by atoms with Gasteiger partial charge in [-0.2, -0.15) is 0 Å². The fourth-order valence-electron chi connectivity index (χ4n) is 2.13. The molecule has 2 aromatic rings. The van der Waals surface area contributed by atoms with Crippen LogP contribution in [0.4, 0.5) is 0 Å². The number of carboxylic acids is 2. The Hall–Kier alpha value is -3.14. The van der Waals surface area contributed by atoms with Crippen molar-refractivity contribution in [2.24, 2.45) is 0 Å². The molecule has 0 unspecified atom stereocenters. The Balaban J connectivity index is 0.000000505. The molecule has 0 fully saturated rings. The van der Waals surface area contributed by atoms with Gasteiger partial charge < -0.3 is 10.2 Å². The van der Waals surface area contributed by atoms with E-state index in [1.54, 1.807) is 0 Å². The van der Waals surface area contributed by atoms with Crippen molar-refractivity contribution in [1.82, 2.24) is 0 Å². The van der Waals surface area contributed by atoms with E-state index in [0.29, 0.717) is 0 Å². The maximum absolute atomic E-state index is 9.60. The van der Waals surface area contributed by atoms with Crippen molar-refractivity contribution in [3.63, 3.8) is 0 Å². The smallest absolute Gasteiger partial charge is 0.330 e. The van der Waals surface area contributed by atoms with Gasteiger partial charge in [-0.25, -0.2) is 9.59 Å². The zero-order valence-corrected chi connectivity index (χ0v) is 17.6. The van der Waals surface area contributed by atoms with Crippen LogP contribution in [-0.2, 0) is 9.59 Å². The molecule has 0 aliphatic rings. The first-order chi connectivity index (χ1) is 12.9. The Bertz CT molecular complexity index is 814. The summed E-state index contributed by atoms with van der Waals surface area (Å²) in [5.41, 5.74) is 8.63. The molecular weight excluding hydrogens is 352 g/mol. The van der Waals surface area contributed by atoms with E-state index in [9.17, 15) is 9.59 Å². The van der Waals surface area contributed by atoms with Crippen LogP contribution in [0.3, 0.4) is 0 Å². The lowest BCUT2D eigenvalue weighted by Crippen LogP contribution is -1.94. The summed E-state index contributed by atoms with van der Waals surface area (Å²) in [5, 5.41) is 15.8. The van der Waals surface area contributed by atoms with Crippen LogP contribution in [0.25, 0.3) is 11.1 Å². The minimum Gasteiger partial charge on any atom is -0.478 e. The molecule has 0 aliphatic heterocycles. The van der Waals surface area contributed by atoms with Gasteiger partial charge in [-0.15, -0.1) is 0 Å². The molecular formula is C24H30O4. The second-order valence-electron chi connectivity index (χ2n) is 6.65. The quantitative estimate of drug-likeness (QED) is 0.650. The molecule has 0 aliphatic carbocycles. The van der Waals surface area contributed by atoms with E-state index in [0.717, 1.165) is 0 Å². The minimum atomic E-state index is -0.935. The summed E-state index contributed by atoms with van der Waals surface area (Å²) in [4.78, 5) is 19.2. The zero-order chi connectivity index (χ0) is 22.0. The highest BCUT2D eigenvalue weighted by molar-refractivity contribution is 5.85. The van der Waals surface area contributed by atoms with Crippen LogP contribution in [0.2, 0.25) is 0 Å². The van der Waals surface area contributed by atoms with E-state index < -0.39 is 11.9 Å². The van der Waals surface area contributed by atoms with Gasteiger partial charge >= 0.3 is 11.9 Å². The van der Waals surface area contributed by atoms with Crippen molar-refractivity contribution in [2.45, 2.75) is 41.5 Å². The molecule has 0 amide bonds. The summed E-state index contributed by atoms with van der Waals surface area (Å²) in [7, 11) is 0. The highest BCUT2D eigenvalue weighted by Crippen LogP contribution is 2.29. The molecule has 0 saturated heterocycles. The maximum Gasteiger partial charge on any atom is 0.330 e. The van der Waals surface area contributed by atoms with Crippen LogP contribution in [0.1, 0.15) is 36.1 Å². The van der Waals surface area contributed by atoms with Crippen LogP contribution >= 0.6 is 0 Å². The summed E-state index contributed by atoms with van der Waals surface area (Å²) < 4.78 is 0. The maximum atomic E-state index is 9.60. The topological polar surface area (TPSA) is 74.6 Å². The number of hydrogen-bond donors (Lipinski definition) is 2. The minimum absolute atomic E-state index is 0.176. The van der Waals surface area contributed by atoms with Crippen LogP contribution in [0, 0.1) is 27.7 Å². The molecule has 4 nitrogen and oxygen atoms in total. The van der Waals surface area contributed by atoms with Crippen molar-refractivity contribution in [3.05, 3.63) is 83.0 Å². The van der Waals surface area contributed by atoms with Crippen molar-refractivity contribution in [1.29, 1.82) is 0 Å². The summed E-state index contributed by atoms with van der Waals surface area (Å²) in [6.07, 6.45) is 0. The first-order valence-corrected chi connectivity index (χ1v) is 8.80. The van der Waals surface area contributed by atoms with Crippen molar-refractivity contribution in [2.75, 3.05) is 0 Å². The van der Waals surface area contributed by atoms with Gasteiger partial charge in [0.15, 0.2) is 0 Å². The standard InChI is InChI=1S/C16H18.2C4H6O2/c1-11-10-16(14(4)13(3)12(11)2)15-8-6-5-7-9-15;2*1-3(2)4(5)6/h5-10H,1-4H3;2*1H2,2H3,(H,5,6). The van der Waals surface area contributed by atoms with E-state index in [2.05, 4.69) is 77.3 Å². The van der Waals surface area contributed by atoms with E-state index in [1.807, 2.05) is 0 Å². The number of aliphatic carboxylic acids is 2. The number of hydrogen-bond acceptors (Lipinski definition) is 2. The molecule has 2 rings (SSSR count). The van der Waals surface area contributed by atoms with Crippen LogP contribution in [-0.4, -0.2) is 22.2 Å². The average molecular weight is 383 g/mol. The van der Waals surface area contributed by atoms with Gasteiger partial charge in [-0.1, -0.05) is 49.6 Å². The number of rotatable bonds is 3. The lowest BCUT2D eigenvalue weighted by atomic mass is 9.91. The summed E-state index contributed by atoms with van der Waals surface area (Å²) >= 11 is 0. The van der Waals surface area contributed by atoms with E-state index >= 15 is 0 Å². The fourth-order valence-corrected chi connectivity index (χ4v) is 2.13. The fraction of sp³-hybridized carbons (Fsp3) is 0.250. The largest absolute Gasteiger partial charge is 0.478 e. The lowest BCUT2D eigenvalue weighted by Gasteiger charge is -2.14.